The van der Waals surface area contributed by atoms with E-state index < -0.39 is 33.3 Å². The van der Waals surface area contributed by atoms with Gasteiger partial charge in [-0.05, 0) is 36.0 Å². The Balaban J connectivity index is 1.96. The predicted octanol–water partition coefficient (Wildman–Crippen LogP) is 1.06. The predicted molar refractivity (Wildman–Crippen MR) is 92.8 cm³/mol. The van der Waals surface area contributed by atoms with Gasteiger partial charge in [-0.15, -0.1) is 0 Å². The molecule has 0 bridgehead atoms. The molecular formula is C13H15ClN4O4S2. The molecule has 1 unspecified atom stereocenters. The number of hydrogen-bond donors (Lipinski definition) is 3. The summed E-state index contributed by atoms with van der Waals surface area (Å²) >= 11 is 6.53. The summed E-state index contributed by atoms with van der Waals surface area (Å²) in [7, 11) is -4.06. The highest BCUT2D eigenvalue weighted by molar-refractivity contribution is 8.35. The molecule has 130 valence electrons. The zero-order chi connectivity index (χ0) is 17.9. The van der Waals surface area contributed by atoms with Crippen molar-refractivity contribution in [3.05, 3.63) is 34.9 Å². The van der Waals surface area contributed by atoms with E-state index in [1.165, 1.54) is 0 Å². The Bertz CT molecular complexity index is 778. The minimum atomic E-state index is -4.06. The van der Waals surface area contributed by atoms with Crippen molar-refractivity contribution in [3.63, 3.8) is 0 Å². The second-order valence-corrected chi connectivity index (χ2v) is 8.50. The van der Waals surface area contributed by atoms with Crippen LogP contribution in [0.2, 0.25) is 5.02 Å². The first kappa shape index (κ1) is 18.6. The Labute approximate surface area is 148 Å². The van der Waals surface area contributed by atoms with Crippen LogP contribution >= 0.6 is 23.4 Å². The molecule has 8 nitrogen and oxygen atoms in total. The summed E-state index contributed by atoms with van der Waals surface area (Å²) in [5.74, 6) is -1.54. The van der Waals surface area contributed by atoms with Gasteiger partial charge in [0, 0.05) is 16.5 Å². The monoisotopic (exact) mass is 390 g/mol. The first-order chi connectivity index (χ1) is 11.2. The van der Waals surface area contributed by atoms with Gasteiger partial charge in [-0.1, -0.05) is 25.4 Å². The van der Waals surface area contributed by atoms with Crippen LogP contribution in [0.4, 0.5) is 0 Å². The van der Waals surface area contributed by atoms with Gasteiger partial charge < -0.3 is 5.32 Å². The largest absolute Gasteiger partial charge is 0.322 e. The lowest BCUT2D eigenvalue weighted by Crippen LogP contribution is -2.39. The minimum absolute atomic E-state index is 0.321. The fourth-order valence-corrected chi connectivity index (χ4v) is 3.93. The van der Waals surface area contributed by atoms with Gasteiger partial charge in [0.15, 0.2) is 5.50 Å². The Morgan fingerprint density at radius 1 is 1.29 bits per heavy atom. The number of rotatable bonds is 3. The molecule has 0 radical (unpaired) electrons. The molecular weight excluding hydrogens is 376 g/mol. The molecule has 1 aliphatic rings. The van der Waals surface area contributed by atoms with Crippen LogP contribution in [-0.2, 0) is 14.8 Å². The fourth-order valence-electron chi connectivity index (χ4n) is 1.55. The average molecular weight is 391 g/mol. The molecule has 0 aromatic heterocycles. The standard InChI is InChI=1S/C13H15ClN4O4S2/c1-7(2)10(19)18-24(21,22)13-17-16-12(23-13)15-11(20)8-3-5-9(14)6-4-8/h3-7,12,16H,1-2H3,(H,15,20)(H,18,19). The molecule has 2 amide bonds. The minimum Gasteiger partial charge on any atom is -0.322 e. The van der Waals surface area contributed by atoms with Crippen LogP contribution in [0.5, 0.6) is 0 Å². The van der Waals surface area contributed by atoms with E-state index in [2.05, 4.69) is 15.8 Å². The van der Waals surface area contributed by atoms with E-state index in [-0.39, 0.29) is 4.38 Å². The lowest BCUT2D eigenvalue weighted by molar-refractivity contribution is -0.122. The molecule has 11 heteroatoms. The van der Waals surface area contributed by atoms with Crippen molar-refractivity contribution in [3.8, 4) is 0 Å². The van der Waals surface area contributed by atoms with E-state index in [0.717, 1.165) is 11.8 Å². The van der Waals surface area contributed by atoms with Crippen molar-refractivity contribution in [2.75, 3.05) is 0 Å². The van der Waals surface area contributed by atoms with Crippen molar-refractivity contribution in [2.45, 2.75) is 19.3 Å². The molecule has 3 N–H and O–H groups in total. The molecule has 0 fully saturated rings. The Hall–Kier alpha value is -1.78. The molecule has 0 spiro atoms. The van der Waals surface area contributed by atoms with Gasteiger partial charge in [-0.2, -0.15) is 13.5 Å². The smallest absolute Gasteiger partial charge is 0.289 e. The number of hydrogen-bond acceptors (Lipinski definition) is 7. The lowest BCUT2D eigenvalue weighted by atomic mass is 10.2. The van der Waals surface area contributed by atoms with E-state index in [9.17, 15) is 18.0 Å². The topological polar surface area (TPSA) is 117 Å². The SMILES string of the molecule is CC(C)C(=O)NS(=O)(=O)C1=NNC(NC(=O)c2ccc(Cl)cc2)S1. The summed E-state index contributed by atoms with van der Waals surface area (Å²) in [6.07, 6.45) is 0. The van der Waals surface area contributed by atoms with Gasteiger partial charge in [0.1, 0.15) is 0 Å². The zero-order valence-electron chi connectivity index (χ0n) is 12.7. The summed E-state index contributed by atoms with van der Waals surface area (Å²) in [5, 5.41) is 6.72. The molecule has 1 aliphatic heterocycles. The molecule has 0 aliphatic carbocycles. The maximum atomic E-state index is 12.1. The van der Waals surface area contributed by atoms with Crippen molar-refractivity contribution in [2.24, 2.45) is 11.0 Å². The zero-order valence-corrected chi connectivity index (χ0v) is 15.1. The number of amides is 2. The van der Waals surface area contributed by atoms with Gasteiger partial charge in [-0.25, -0.2) is 4.72 Å². The van der Waals surface area contributed by atoms with Crippen molar-refractivity contribution < 1.29 is 18.0 Å². The van der Waals surface area contributed by atoms with Gasteiger partial charge in [0.2, 0.25) is 10.3 Å². The number of nitrogens with one attached hydrogen (secondary N) is 3. The highest BCUT2D eigenvalue weighted by Gasteiger charge is 2.32. The number of sulfonamides is 1. The number of thioether (sulfide) groups is 1. The third-order valence-corrected chi connectivity index (χ3v) is 5.82. The normalized spacial score (nSPS) is 17.2. The molecule has 1 aromatic carbocycles. The maximum absolute atomic E-state index is 12.1. The number of nitrogens with zero attached hydrogens (tertiary/aromatic N) is 1. The maximum Gasteiger partial charge on any atom is 0.289 e. The lowest BCUT2D eigenvalue weighted by Gasteiger charge is -2.12. The quantitative estimate of drug-likeness (QED) is 0.710. The van der Waals surface area contributed by atoms with Crippen LogP contribution in [0.25, 0.3) is 0 Å². The first-order valence-electron chi connectivity index (χ1n) is 6.82. The van der Waals surface area contributed by atoms with Crippen LogP contribution in [0, 0.1) is 5.92 Å². The second-order valence-electron chi connectivity index (χ2n) is 5.11. The van der Waals surface area contributed by atoms with E-state index in [1.54, 1.807) is 38.1 Å². The van der Waals surface area contributed by atoms with E-state index in [4.69, 9.17) is 11.6 Å². The van der Waals surface area contributed by atoms with Crippen LogP contribution in [0.3, 0.4) is 0 Å². The fraction of sp³-hybridized carbons (Fsp3) is 0.308. The Kier molecular flexibility index (Phi) is 5.73. The number of carbonyl (C=O) groups is 2. The van der Waals surface area contributed by atoms with E-state index in [1.807, 2.05) is 4.72 Å². The first-order valence-corrected chi connectivity index (χ1v) is 9.56. The van der Waals surface area contributed by atoms with Gasteiger partial charge >= 0.3 is 0 Å². The van der Waals surface area contributed by atoms with E-state index in [0.29, 0.717) is 10.6 Å². The van der Waals surface area contributed by atoms with Crippen LogP contribution in [-0.4, -0.2) is 30.1 Å². The van der Waals surface area contributed by atoms with Gasteiger partial charge in [0.05, 0.1) is 0 Å². The van der Waals surface area contributed by atoms with E-state index >= 15 is 0 Å². The molecule has 1 heterocycles. The molecule has 0 saturated carbocycles. The highest BCUT2D eigenvalue weighted by Crippen LogP contribution is 2.19. The summed E-state index contributed by atoms with van der Waals surface area (Å²) in [5.41, 5.74) is 2.09. The van der Waals surface area contributed by atoms with Crippen molar-refractivity contribution >= 4 is 49.6 Å². The summed E-state index contributed by atoms with van der Waals surface area (Å²) in [4.78, 5) is 23.6. The van der Waals surface area contributed by atoms with Crippen molar-refractivity contribution in [1.82, 2.24) is 15.5 Å². The summed E-state index contributed by atoms with van der Waals surface area (Å²) in [6, 6.07) is 6.22. The summed E-state index contributed by atoms with van der Waals surface area (Å²) < 4.78 is 25.7. The number of benzene rings is 1. The van der Waals surface area contributed by atoms with Crippen LogP contribution in [0.1, 0.15) is 24.2 Å². The molecule has 2 rings (SSSR count). The molecule has 1 atom stereocenters. The molecule has 0 saturated heterocycles. The van der Waals surface area contributed by atoms with Gasteiger partial charge in [-0.3, -0.25) is 15.0 Å². The van der Waals surface area contributed by atoms with Crippen molar-refractivity contribution in [1.29, 1.82) is 0 Å². The van der Waals surface area contributed by atoms with Gasteiger partial charge in [0.25, 0.3) is 15.9 Å². The summed E-state index contributed by atoms with van der Waals surface area (Å²) in [6.45, 7) is 3.14. The number of hydrazone groups is 1. The molecule has 1 aromatic rings. The Morgan fingerprint density at radius 2 is 1.92 bits per heavy atom. The average Bonchev–Trinajstić information content (AvgIpc) is 2.96. The number of carbonyl (C=O) groups excluding carboxylic acids is 2. The second kappa shape index (κ2) is 7.41. The van der Waals surface area contributed by atoms with Crippen LogP contribution < -0.4 is 15.5 Å². The third-order valence-electron chi connectivity index (χ3n) is 2.85. The highest BCUT2D eigenvalue weighted by atomic mass is 35.5. The third kappa shape index (κ3) is 4.62. The van der Waals surface area contributed by atoms with Crippen LogP contribution in [0.15, 0.2) is 29.4 Å². The Morgan fingerprint density at radius 3 is 2.50 bits per heavy atom. The number of halogens is 1. The molecule has 24 heavy (non-hydrogen) atoms.